The second kappa shape index (κ2) is 9.09. The Morgan fingerprint density at radius 2 is 1.74 bits per heavy atom. The first-order chi connectivity index (χ1) is 15.0. The van der Waals surface area contributed by atoms with Crippen LogP contribution in [-0.2, 0) is 13.1 Å². The van der Waals surface area contributed by atoms with E-state index in [-0.39, 0.29) is 11.6 Å². The summed E-state index contributed by atoms with van der Waals surface area (Å²) < 4.78 is 1.52. The van der Waals surface area contributed by atoms with Crippen molar-refractivity contribution in [1.29, 1.82) is 0 Å². The summed E-state index contributed by atoms with van der Waals surface area (Å²) in [6, 6.07) is 15.8. The first-order valence-electron chi connectivity index (χ1n) is 10.3. The molecule has 0 radical (unpaired) electrons. The van der Waals surface area contributed by atoms with Gasteiger partial charge in [-0.3, -0.25) is 24.5 Å². The van der Waals surface area contributed by atoms with Crippen molar-refractivity contribution in [2.45, 2.75) is 20.0 Å². The van der Waals surface area contributed by atoms with Crippen LogP contribution in [0.3, 0.4) is 0 Å². The van der Waals surface area contributed by atoms with Gasteiger partial charge in [0, 0.05) is 38.3 Å². The van der Waals surface area contributed by atoms with E-state index < -0.39 is 4.92 Å². The number of piperazine rings is 1. The van der Waals surface area contributed by atoms with E-state index >= 15 is 0 Å². The van der Waals surface area contributed by atoms with E-state index in [9.17, 15) is 14.9 Å². The largest absolute Gasteiger partial charge is 0.336 e. The molecule has 0 spiro atoms. The second-order valence-electron chi connectivity index (χ2n) is 7.84. The Bertz CT molecular complexity index is 1070. The van der Waals surface area contributed by atoms with Crippen molar-refractivity contribution in [3.63, 3.8) is 0 Å². The van der Waals surface area contributed by atoms with Crippen molar-refractivity contribution in [1.82, 2.24) is 19.6 Å². The Kier molecular flexibility index (Phi) is 6.08. The van der Waals surface area contributed by atoms with Crippen LogP contribution >= 0.6 is 0 Å². The highest BCUT2D eigenvalue weighted by molar-refractivity contribution is 5.94. The third-order valence-corrected chi connectivity index (χ3v) is 5.69. The van der Waals surface area contributed by atoms with Gasteiger partial charge in [0.1, 0.15) is 12.4 Å². The number of hydrogen-bond acceptors (Lipinski definition) is 5. The first-order valence-corrected chi connectivity index (χ1v) is 10.3. The van der Waals surface area contributed by atoms with E-state index in [0.717, 1.165) is 25.2 Å². The Morgan fingerprint density at radius 1 is 1.03 bits per heavy atom. The Balaban J connectivity index is 1.31. The van der Waals surface area contributed by atoms with Gasteiger partial charge in [-0.25, -0.2) is 0 Å². The summed E-state index contributed by atoms with van der Waals surface area (Å²) in [5.41, 5.74) is 4.18. The Labute approximate surface area is 180 Å². The zero-order valence-corrected chi connectivity index (χ0v) is 17.5. The number of nitro groups is 1. The van der Waals surface area contributed by atoms with Crippen LogP contribution in [0.25, 0.3) is 0 Å². The lowest BCUT2D eigenvalue weighted by Crippen LogP contribution is -2.48. The van der Waals surface area contributed by atoms with Crippen LogP contribution in [0.4, 0.5) is 5.69 Å². The maximum absolute atomic E-state index is 12.9. The lowest BCUT2D eigenvalue weighted by Gasteiger charge is -2.35. The molecule has 2 aromatic carbocycles. The SMILES string of the molecule is Cc1ccccc1CN1CCN(C(=O)c2ccc(Cn3cc([N+](=O)[O-])cn3)cc2)CC1. The summed E-state index contributed by atoms with van der Waals surface area (Å²) in [7, 11) is 0. The fraction of sp³-hybridized carbons (Fsp3) is 0.304. The number of aromatic nitrogens is 2. The molecule has 1 aromatic heterocycles. The molecule has 0 aliphatic carbocycles. The molecule has 2 heterocycles. The fourth-order valence-corrected chi connectivity index (χ4v) is 3.79. The molecule has 8 heteroatoms. The molecule has 160 valence electrons. The highest BCUT2D eigenvalue weighted by Crippen LogP contribution is 2.15. The minimum absolute atomic E-state index is 0.0339. The summed E-state index contributed by atoms with van der Waals surface area (Å²) >= 11 is 0. The van der Waals surface area contributed by atoms with Crippen LogP contribution in [0.2, 0.25) is 0 Å². The number of rotatable bonds is 6. The molecule has 8 nitrogen and oxygen atoms in total. The van der Waals surface area contributed by atoms with E-state index in [4.69, 9.17) is 0 Å². The lowest BCUT2D eigenvalue weighted by molar-refractivity contribution is -0.385. The van der Waals surface area contributed by atoms with Crippen LogP contribution in [0, 0.1) is 17.0 Å². The van der Waals surface area contributed by atoms with E-state index in [1.807, 2.05) is 29.2 Å². The third-order valence-electron chi connectivity index (χ3n) is 5.69. The van der Waals surface area contributed by atoms with Gasteiger partial charge >= 0.3 is 5.69 Å². The summed E-state index contributed by atoms with van der Waals surface area (Å²) in [5.74, 6) is 0.0387. The molecular formula is C23H25N5O3. The number of amides is 1. The van der Waals surface area contributed by atoms with E-state index in [0.29, 0.717) is 25.2 Å². The van der Waals surface area contributed by atoms with Gasteiger partial charge in [-0.2, -0.15) is 5.10 Å². The molecule has 1 saturated heterocycles. The molecule has 1 amide bonds. The van der Waals surface area contributed by atoms with Gasteiger partial charge in [0.15, 0.2) is 0 Å². The van der Waals surface area contributed by atoms with E-state index in [2.05, 4.69) is 41.2 Å². The highest BCUT2D eigenvalue weighted by Gasteiger charge is 2.22. The highest BCUT2D eigenvalue weighted by atomic mass is 16.6. The molecule has 31 heavy (non-hydrogen) atoms. The Morgan fingerprint density at radius 3 is 2.39 bits per heavy atom. The van der Waals surface area contributed by atoms with Crippen LogP contribution in [0.15, 0.2) is 60.9 Å². The molecule has 1 aliphatic heterocycles. The maximum atomic E-state index is 12.9. The van der Waals surface area contributed by atoms with E-state index in [1.165, 1.54) is 28.2 Å². The zero-order chi connectivity index (χ0) is 21.8. The van der Waals surface area contributed by atoms with Gasteiger partial charge in [-0.15, -0.1) is 0 Å². The van der Waals surface area contributed by atoms with Gasteiger partial charge in [0.05, 0.1) is 11.5 Å². The summed E-state index contributed by atoms with van der Waals surface area (Å²) in [6.45, 7) is 6.60. The predicted molar refractivity (Wildman–Crippen MR) is 117 cm³/mol. The molecule has 0 saturated carbocycles. The molecule has 0 atom stereocenters. The van der Waals surface area contributed by atoms with Gasteiger partial charge < -0.3 is 4.90 Å². The average molecular weight is 419 g/mol. The minimum Gasteiger partial charge on any atom is -0.336 e. The van der Waals surface area contributed by atoms with Gasteiger partial charge in [0.25, 0.3) is 5.91 Å². The summed E-state index contributed by atoms with van der Waals surface area (Å²) in [5, 5.41) is 14.8. The molecule has 4 rings (SSSR count). The van der Waals surface area contributed by atoms with E-state index in [1.54, 1.807) is 0 Å². The molecule has 0 unspecified atom stereocenters. The van der Waals surface area contributed by atoms with Gasteiger partial charge in [-0.1, -0.05) is 36.4 Å². The number of benzene rings is 2. The van der Waals surface area contributed by atoms with Crippen molar-refractivity contribution in [2.75, 3.05) is 26.2 Å². The summed E-state index contributed by atoms with van der Waals surface area (Å²) in [4.78, 5) is 27.5. The number of aryl methyl sites for hydroxylation is 1. The normalized spacial score (nSPS) is 14.5. The van der Waals surface area contributed by atoms with Gasteiger partial charge in [0.2, 0.25) is 0 Å². The summed E-state index contributed by atoms with van der Waals surface area (Å²) in [6.07, 6.45) is 2.63. The number of carbonyl (C=O) groups is 1. The van der Waals surface area contributed by atoms with Gasteiger partial charge in [-0.05, 0) is 35.7 Å². The van der Waals surface area contributed by atoms with Crippen molar-refractivity contribution in [2.24, 2.45) is 0 Å². The Hall–Kier alpha value is -3.52. The molecule has 1 aliphatic rings. The lowest BCUT2D eigenvalue weighted by atomic mass is 10.1. The van der Waals surface area contributed by atoms with Crippen LogP contribution in [-0.4, -0.2) is 56.6 Å². The topological polar surface area (TPSA) is 84.5 Å². The fourth-order valence-electron chi connectivity index (χ4n) is 3.79. The second-order valence-corrected chi connectivity index (χ2v) is 7.84. The predicted octanol–water partition coefficient (Wildman–Crippen LogP) is 3.11. The number of hydrogen-bond donors (Lipinski definition) is 0. The molecule has 1 fully saturated rings. The minimum atomic E-state index is -0.466. The van der Waals surface area contributed by atoms with Crippen molar-refractivity contribution < 1.29 is 9.72 Å². The molecular weight excluding hydrogens is 394 g/mol. The van der Waals surface area contributed by atoms with Crippen molar-refractivity contribution in [3.05, 3.63) is 93.3 Å². The first kappa shape index (κ1) is 20.7. The monoisotopic (exact) mass is 419 g/mol. The number of nitrogens with zero attached hydrogens (tertiary/aromatic N) is 5. The molecule has 3 aromatic rings. The van der Waals surface area contributed by atoms with Crippen molar-refractivity contribution >= 4 is 11.6 Å². The standard InChI is InChI=1S/C23H25N5O3/c1-18-4-2-3-5-21(18)16-25-10-12-26(13-11-25)23(29)20-8-6-19(7-9-20)15-27-17-22(14-24-27)28(30)31/h2-9,14,17H,10-13,15-16H2,1H3. The number of carbonyl (C=O) groups excluding carboxylic acids is 1. The van der Waals surface area contributed by atoms with Crippen LogP contribution in [0.5, 0.6) is 0 Å². The molecule has 0 N–H and O–H groups in total. The average Bonchev–Trinajstić information content (AvgIpc) is 3.25. The van der Waals surface area contributed by atoms with Crippen molar-refractivity contribution in [3.8, 4) is 0 Å². The third kappa shape index (κ3) is 4.97. The quantitative estimate of drug-likeness (QED) is 0.453. The smallest absolute Gasteiger partial charge is 0.307 e. The maximum Gasteiger partial charge on any atom is 0.307 e. The van der Waals surface area contributed by atoms with Crippen LogP contribution < -0.4 is 0 Å². The zero-order valence-electron chi connectivity index (χ0n) is 17.5. The molecule has 0 bridgehead atoms. The van der Waals surface area contributed by atoms with Crippen LogP contribution in [0.1, 0.15) is 27.0 Å².